The van der Waals surface area contributed by atoms with E-state index in [9.17, 15) is 5.11 Å². The summed E-state index contributed by atoms with van der Waals surface area (Å²) in [5, 5.41) is 10.3. The molecule has 1 heterocycles. The number of hydrogen-bond donors (Lipinski definition) is 1. The lowest BCUT2D eigenvalue weighted by atomic mass is 9.87. The van der Waals surface area contributed by atoms with Crippen molar-refractivity contribution < 1.29 is 5.11 Å². The van der Waals surface area contributed by atoms with E-state index in [1.807, 2.05) is 0 Å². The average molecular weight is 225 g/mol. The Bertz CT molecular complexity index is 251. The summed E-state index contributed by atoms with van der Waals surface area (Å²) in [5.74, 6) is 1.34. The van der Waals surface area contributed by atoms with Crippen LogP contribution in [0.1, 0.15) is 47.0 Å². The van der Waals surface area contributed by atoms with Gasteiger partial charge in [0.2, 0.25) is 0 Å². The lowest BCUT2D eigenvalue weighted by molar-refractivity contribution is 0.0315. The second-order valence-electron chi connectivity index (χ2n) is 6.88. The third-order valence-electron chi connectivity index (χ3n) is 4.79. The summed E-state index contributed by atoms with van der Waals surface area (Å²) in [6.45, 7) is 11.4. The van der Waals surface area contributed by atoms with E-state index in [4.69, 9.17) is 0 Å². The minimum atomic E-state index is -0.101. The Labute approximate surface area is 100 Å². The zero-order valence-electron chi connectivity index (χ0n) is 11.2. The van der Waals surface area contributed by atoms with Gasteiger partial charge in [0.05, 0.1) is 6.10 Å². The maximum atomic E-state index is 10.3. The van der Waals surface area contributed by atoms with Crippen molar-refractivity contribution in [2.75, 3.05) is 13.1 Å². The third kappa shape index (κ3) is 2.28. The van der Waals surface area contributed by atoms with Gasteiger partial charge < -0.3 is 10.0 Å². The molecule has 2 nitrogen and oxygen atoms in total. The first kappa shape index (κ1) is 12.4. The van der Waals surface area contributed by atoms with Crippen molar-refractivity contribution in [3.63, 3.8) is 0 Å². The second kappa shape index (κ2) is 4.30. The molecular formula is C14H27NO. The van der Waals surface area contributed by atoms with Crippen LogP contribution in [0.2, 0.25) is 0 Å². The van der Waals surface area contributed by atoms with E-state index >= 15 is 0 Å². The van der Waals surface area contributed by atoms with E-state index in [1.165, 1.54) is 25.8 Å². The van der Waals surface area contributed by atoms with E-state index in [0.29, 0.717) is 12.0 Å². The molecule has 2 rings (SSSR count). The molecule has 94 valence electrons. The van der Waals surface area contributed by atoms with Gasteiger partial charge in [0, 0.05) is 19.1 Å². The van der Waals surface area contributed by atoms with Crippen molar-refractivity contribution in [2.45, 2.75) is 59.1 Å². The third-order valence-corrected chi connectivity index (χ3v) is 4.79. The van der Waals surface area contributed by atoms with E-state index in [1.54, 1.807) is 0 Å². The van der Waals surface area contributed by atoms with Crippen LogP contribution < -0.4 is 0 Å². The highest BCUT2D eigenvalue weighted by Gasteiger charge is 2.42. The van der Waals surface area contributed by atoms with E-state index in [0.717, 1.165) is 12.5 Å². The minimum absolute atomic E-state index is 0.101. The van der Waals surface area contributed by atoms with Crippen LogP contribution in [0.3, 0.4) is 0 Å². The Morgan fingerprint density at radius 2 is 2.00 bits per heavy atom. The van der Waals surface area contributed by atoms with Crippen molar-refractivity contribution >= 4 is 0 Å². The van der Waals surface area contributed by atoms with Gasteiger partial charge in [0.15, 0.2) is 0 Å². The molecule has 0 amide bonds. The van der Waals surface area contributed by atoms with Gasteiger partial charge >= 0.3 is 0 Å². The van der Waals surface area contributed by atoms with Crippen LogP contribution >= 0.6 is 0 Å². The quantitative estimate of drug-likeness (QED) is 0.780. The number of likely N-dealkylation sites (tertiary alicyclic amines) is 1. The second-order valence-corrected chi connectivity index (χ2v) is 6.88. The molecule has 16 heavy (non-hydrogen) atoms. The summed E-state index contributed by atoms with van der Waals surface area (Å²) < 4.78 is 0. The zero-order chi connectivity index (χ0) is 11.9. The fraction of sp³-hybridized carbons (Fsp3) is 1.00. The summed E-state index contributed by atoms with van der Waals surface area (Å²) in [7, 11) is 0. The average Bonchev–Trinajstić information content (AvgIpc) is 2.61. The first-order valence-electron chi connectivity index (χ1n) is 6.82. The number of aliphatic hydroxyl groups is 1. The molecule has 2 aliphatic rings. The number of rotatable bonds is 2. The van der Waals surface area contributed by atoms with E-state index in [-0.39, 0.29) is 11.5 Å². The minimum Gasteiger partial charge on any atom is -0.392 e. The van der Waals surface area contributed by atoms with Crippen LogP contribution in [0.4, 0.5) is 0 Å². The van der Waals surface area contributed by atoms with Crippen LogP contribution in [0, 0.1) is 17.3 Å². The van der Waals surface area contributed by atoms with Gasteiger partial charge in [-0.2, -0.15) is 0 Å². The van der Waals surface area contributed by atoms with Crippen LogP contribution in [0.5, 0.6) is 0 Å². The summed E-state index contributed by atoms with van der Waals surface area (Å²) in [5.41, 5.74) is 0.138. The predicted molar refractivity (Wildman–Crippen MR) is 67.3 cm³/mol. The molecule has 1 saturated carbocycles. The maximum absolute atomic E-state index is 10.3. The number of nitrogens with zero attached hydrogens (tertiary/aromatic N) is 1. The first-order chi connectivity index (χ1) is 7.40. The summed E-state index contributed by atoms with van der Waals surface area (Å²) in [6, 6.07) is 0.714. The maximum Gasteiger partial charge on any atom is 0.0631 e. The fourth-order valence-electron chi connectivity index (χ4n) is 3.63. The molecule has 2 fully saturated rings. The SMILES string of the molecule is CC1CC(C)N(CC2CCC(C)(C)C2O)C1. The summed E-state index contributed by atoms with van der Waals surface area (Å²) >= 11 is 0. The van der Waals surface area contributed by atoms with Gasteiger partial charge in [-0.1, -0.05) is 20.8 Å². The Hall–Kier alpha value is -0.0800. The molecule has 4 atom stereocenters. The molecule has 0 aromatic carbocycles. The summed E-state index contributed by atoms with van der Waals surface area (Å²) in [4.78, 5) is 2.58. The molecule has 1 N–H and O–H groups in total. The van der Waals surface area contributed by atoms with Gasteiger partial charge in [-0.3, -0.25) is 0 Å². The molecule has 0 aromatic rings. The topological polar surface area (TPSA) is 23.5 Å². The van der Waals surface area contributed by atoms with Crippen LogP contribution in [-0.2, 0) is 0 Å². The van der Waals surface area contributed by atoms with Crippen molar-refractivity contribution in [3.05, 3.63) is 0 Å². The van der Waals surface area contributed by atoms with Crippen molar-refractivity contribution in [2.24, 2.45) is 17.3 Å². The zero-order valence-corrected chi connectivity index (χ0v) is 11.2. The predicted octanol–water partition coefficient (Wildman–Crippen LogP) is 2.51. The Morgan fingerprint density at radius 3 is 2.44 bits per heavy atom. The van der Waals surface area contributed by atoms with E-state index in [2.05, 4.69) is 32.6 Å². The normalized spacial score (nSPS) is 44.1. The first-order valence-corrected chi connectivity index (χ1v) is 6.82. The molecule has 4 unspecified atom stereocenters. The van der Waals surface area contributed by atoms with Crippen molar-refractivity contribution in [3.8, 4) is 0 Å². The van der Waals surface area contributed by atoms with Crippen LogP contribution in [0.25, 0.3) is 0 Å². The molecule has 1 saturated heterocycles. The van der Waals surface area contributed by atoms with E-state index < -0.39 is 0 Å². The van der Waals surface area contributed by atoms with Crippen molar-refractivity contribution in [1.29, 1.82) is 0 Å². The smallest absolute Gasteiger partial charge is 0.0631 e. The fourth-order valence-corrected chi connectivity index (χ4v) is 3.63. The lowest BCUT2D eigenvalue weighted by Gasteiger charge is -2.30. The molecule has 0 bridgehead atoms. The Kier molecular flexibility index (Phi) is 3.33. The number of aliphatic hydroxyl groups excluding tert-OH is 1. The largest absolute Gasteiger partial charge is 0.392 e. The molecule has 1 aliphatic carbocycles. The monoisotopic (exact) mass is 225 g/mol. The molecule has 2 heteroatoms. The Balaban J connectivity index is 1.91. The van der Waals surface area contributed by atoms with Crippen LogP contribution in [0.15, 0.2) is 0 Å². The van der Waals surface area contributed by atoms with Crippen molar-refractivity contribution in [1.82, 2.24) is 4.90 Å². The highest BCUT2D eigenvalue weighted by Crippen LogP contribution is 2.42. The standard InChI is InChI=1S/C14H27NO/c1-10-7-11(2)15(8-10)9-12-5-6-14(3,4)13(12)16/h10-13,16H,5-9H2,1-4H3. The highest BCUT2D eigenvalue weighted by atomic mass is 16.3. The molecule has 0 aromatic heterocycles. The van der Waals surface area contributed by atoms with Gasteiger partial charge in [0.25, 0.3) is 0 Å². The van der Waals surface area contributed by atoms with Gasteiger partial charge in [-0.15, -0.1) is 0 Å². The molecule has 1 aliphatic heterocycles. The molecule has 0 spiro atoms. The van der Waals surface area contributed by atoms with Crippen LogP contribution in [-0.4, -0.2) is 35.2 Å². The van der Waals surface area contributed by atoms with Gasteiger partial charge in [-0.25, -0.2) is 0 Å². The number of hydrogen-bond acceptors (Lipinski definition) is 2. The lowest BCUT2D eigenvalue weighted by Crippen LogP contribution is -2.38. The molecule has 0 radical (unpaired) electrons. The highest BCUT2D eigenvalue weighted by molar-refractivity contribution is 4.93. The van der Waals surface area contributed by atoms with Gasteiger partial charge in [0.1, 0.15) is 0 Å². The van der Waals surface area contributed by atoms with Gasteiger partial charge in [-0.05, 0) is 43.4 Å². The summed E-state index contributed by atoms with van der Waals surface area (Å²) in [6.07, 6.45) is 3.60. The molecular weight excluding hydrogens is 198 g/mol. The Morgan fingerprint density at radius 1 is 1.31 bits per heavy atom.